The molecule has 0 bridgehead atoms. The summed E-state index contributed by atoms with van der Waals surface area (Å²) in [5.74, 6) is 1.20. The van der Waals surface area contributed by atoms with Crippen molar-refractivity contribution in [2.45, 2.75) is 20.8 Å². The van der Waals surface area contributed by atoms with E-state index >= 15 is 0 Å². The van der Waals surface area contributed by atoms with Gasteiger partial charge in [-0.2, -0.15) is 0 Å². The quantitative estimate of drug-likeness (QED) is 0.334. The van der Waals surface area contributed by atoms with Crippen molar-refractivity contribution < 1.29 is 0 Å². The number of nitrogens with one attached hydrogen (secondary N) is 2. The lowest BCUT2D eigenvalue weighted by Gasteiger charge is -2.14. The lowest BCUT2D eigenvalue weighted by atomic mass is 10.1. The number of aryl methyl sites for hydroxylation is 3. The number of hydrogen-bond acceptors (Lipinski definition) is 5. The molecule has 0 unspecified atom stereocenters. The van der Waals surface area contributed by atoms with E-state index in [2.05, 4.69) is 49.7 Å². The fraction of sp³-hybridized carbons (Fsp3) is 0.115. The minimum absolute atomic E-state index is 0.466. The van der Waals surface area contributed by atoms with Crippen LogP contribution in [0.5, 0.6) is 0 Å². The Bertz CT molecular complexity index is 1490. The third-order valence-electron chi connectivity index (χ3n) is 5.55. The molecule has 2 aromatic heterocycles. The number of thiocarbonyl (C=S) groups is 1. The summed E-state index contributed by atoms with van der Waals surface area (Å²) in [4.78, 5) is 13.7. The van der Waals surface area contributed by atoms with Crippen LogP contribution in [0.1, 0.15) is 16.7 Å². The second kappa shape index (κ2) is 8.99. The molecule has 2 heterocycles. The molecule has 0 aliphatic carbocycles. The third kappa shape index (κ3) is 4.49. The van der Waals surface area contributed by atoms with Gasteiger partial charge in [0.25, 0.3) is 0 Å². The van der Waals surface area contributed by atoms with E-state index in [0.29, 0.717) is 16.8 Å². The first kappa shape index (κ1) is 21.7. The summed E-state index contributed by atoms with van der Waals surface area (Å²) in [5.41, 5.74) is 7.79. The molecule has 5 aromatic rings. The van der Waals surface area contributed by atoms with Crippen LogP contribution < -0.4 is 10.6 Å². The van der Waals surface area contributed by atoms with Crippen LogP contribution in [0.25, 0.3) is 28.1 Å². The van der Waals surface area contributed by atoms with E-state index in [0.717, 1.165) is 39.1 Å². The normalized spacial score (nSPS) is 10.9. The van der Waals surface area contributed by atoms with Crippen LogP contribution in [-0.4, -0.2) is 29.8 Å². The van der Waals surface area contributed by atoms with E-state index in [1.165, 1.54) is 5.56 Å². The lowest BCUT2D eigenvalue weighted by Crippen LogP contribution is -2.21. The monoisotopic (exact) mass is 465 g/mol. The molecule has 0 aliphatic rings. The Kier molecular flexibility index (Phi) is 5.73. The average Bonchev–Trinajstić information content (AvgIpc) is 3.32. The van der Waals surface area contributed by atoms with Crippen molar-refractivity contribution in [2.24, 2.45) is 0 Å². The summed E-state index contributed by atoms with van der Waals surface area (Å²) in [7, 11) is 0. The highest BCUT2D eigenvalue weighted by atomic mass is 32.1. The van der Waals surface area contributed by atoms with Crippen LogP contribution >= 0.6 is 12.2 Å². The summed E-state index contributed by atoms with van der Waals surface area (Å²) in [6.07, 6.45) is 3.39. The van der Waals surface area contributed by atoms with E-state index in [-0.39, 0.29) is 0 Å². The number of aromatic nitrogens is 5. The van der Waals surface area contributed by atoms with Crippen LogP contribution in [0, 0.1) is 20.8 Å². The second-order valence-electron chi connectivity index (χ2n) is 8.15. The Hall–Kier alpha value is -4.17. The first-order valence-corrected chi connectivity index (χ1v) is 11.3. The summed E-state index contributed by atoms with van der Waals surface area (Å²) in [6.45, 7) is 6.15. The molecule has 5 rings (SSSR count). The van der Waals surface area contributed by atoms with Crippen molar-refractivity contribution >= 4 is 39.9 Å². The first-order valence-electron chi connectivity index (χ1n) is 10.9. The van der Waals surface area contributed by atoms with Gasteiger partial charge in [0.05, 0.1) is 22.9 Å². The molecule has 0 radical (unpaired) electrons. The van der Waals surface area contributed by atoms with Gasteiger partial charge in [0.2, 0.25) is 0 Å². The highest BCUT2D eigenvalue weighted by Gasteiger charge is 2.10. The van der Waals surface area contributed by atoms with Crippen molar-refractivity contribution in [1.29, 1.82) is 0 Å². The number of para-hydroxylation sites is 1. The Morgan fingerprint density at radius 1 is 0.853 bits per heavy atom. The van der Waals surface area contributed by atoms with Gasteiger partial charge >= 0.3 is 0 Å². The second-order valence-corrected chi connectivity index (χ2v) is 8.56. The molecule has 168 valence electrons. The zero-order valence-corrected chi connectivity index (χ0v) is 19.9. The molecular formula is C26H23N7S. The van der Waals surface area contributed by atoms with Crippen LogP contribution in [0.15, 0.2) is 73.2 Å². The van der Waals surface area contributed by atoms with Crippen LogP contribution in [0.2, 0.25) is 0 Å². The lowest BCUT2D eigenvalue weighted by molar-refractivity contribution is 0.881. The van der Waals surface area contributed by atoms with Gasteiger partial charge in [-0.3, -0.25) is 4.98 Å². The molecule has 7 nitrogen and oxygen atoms in total. The summed E-state index contributed by atoms with van der Waals surface area (Å²) >= 11 is 5.49. The molecule has 8 heteroatoms. The molecule has 2 N–H and O–H groups in total. The molecular weight excluding hydrogens is 442 g/mol. The fourth-order valence-electron chi connectivity index (χ4n) is 3.70. The maximum Gasteiger partial charge on any atom is 0.181 e. The summed E-state index contributed by atoms with van der Waals surface area (Å²) < 4.78 is 1.77. The Morgan fingerprint density at radius 2 is 1.62 bits per heavy atom. The first-order chi connectivity index (χ1) is 16.5. The van der Waals surface area contributed by atoms with Crippen molar-refractivity contribution in [3.05, 3.63) is 89.9 Å². The van der Waals surface area contributed by atoms with E-state index in [4.69, 9.17) is 12.2 Å². The van der Waals surface area contributed by atoms with Gasteiger partial charge in [-0.05, 0) is 74.4 Å². The maximum atomic E-state index is 5.49. The SMILES string of the molecule is Cc1ccc(-n2cnc(-c3ccc4nc(NC(=S)Nc5c(C)cccc5C)cnc4c3)n2)cc1. The van der Waals surface area contributed by atoms with Crippen LogP contribution in [0.4, 0.5) is 11.5 Å². The molecule has 0 atom stereocenters. The maximum absolute atomic E-state index is 5.49. The smallest absolute Gasteiger partial charge is 0.181 e. The van der Waals surface area contributed by atoms with Crippen molar-refractivity contribution in [2.75, 3.05) is 10.6 Å². The molecule has 3 aromatic carbocycles. The van der Waals surface area contributed by atoms with Crippen LogP contribution in [0.3, 0.4) is 0 Å². The van der Waals surface area contributed by atoms with E-state index < -0.39 is 0 Å². The van der Waals surface area contributed by atoms with Gasteiger partial charge in [-0.15, -0.1) is 5.10 Å². The van der Waals surface area contributed by atoms with Gasteiger partial charge in [0, 0.05) is 11.3 Å². The molecule has 34 heavy (non-hydrogen) atoms. The van der Waals surface area contributed by atoms with Crippen LogP contribution in [-0.2, 0) is 0 Å². The highest BCUT2D eigenvalue weighted by Crippen LogP contribution is 2.22. The zero-order valence-electron chi connectivity index (χ0n) is 19.1. The molecule has 0 fully saturated rings. The van der Waals surface area contributed by atoms with Gasteiger partial charge in [-0.1, -0.05) is 35.9 Å². The number of anilines is 2. The minimum Gasteiger partial charge on any atom is -0.332 e. The number of benzene rings is 3. The number of rotatable bonds is 4. The average molecular weight is 466 g/mol. The van der Waals surface area contributed by atoms with Gasteiger partial charge in [0.15, 0.2) is 16.8 Å². The molecule has 0 amide bonds. The van der Waals surface area contributed by atoms with Gasteiger partial charge < -0.3 is 10.6 Å². The van der Waals surface area contributed by atoms with E-state index in [9.17, 15) is 0 Å². The summed E-state index contributed by atoms with van der Waals surface area (Å²) in [5, 5.41) is 11.5. The molecule has 0 spiro atoms. The van der Waals surface area contributed by atoms with Gasteiger partial charge in [-0.25, -0.2) is 14.6 Å². The largest absolute Gasteiger partial charge is 0.332 e. The minimum atomic E-state index is 0.466. The van der Waals surface area contributed by atoms with Crippen molar-refractivity contribution in [1.82, 2.24) is 24.7 Å². The zero-order chi connectivity index (χ0) is 23.7. The predicted octanol–water partition coefficient (Wildman–Crippen LogP) is 5.61. The van der Waals surface area contributed by atoms with E-state index in [1.807, 2.05) is 62.4 Å². The van der Waals surface area contributed by atoms with Crippen molar-refractivity contribution in [3.63, 3.8) is 0 Å². The topological polar surface area (TPSA) is 80.5 Å². The standard InChI is InChI=1S/C26H23N7S/c1-16-7-10-20(11-8-16)33-15-28-25(32-33)19-9-12-21-22(13-19)27-14-23(29-21)30-26(34)31-24-17(2)5-4-6-18(24)3/h4-15H,1-3H3,(H2,29,30,31,34). The Balaban J connectivity index is 1.34. The Morgan fingerprint density at radius 3 is 2.38 bits per heavy atom. The highest BCUT2D eigenvalue weighted by molar-refractivity contribution is 7.80. The fourth-order valence-corrected chi connectivity index (χ4v) is 3.91. The number of hydrogen-bond donors (Lipinski definition) is 2. The van der Waals surface area contributed by atoms with Gasteiger partial charge in [0.1, 0.15) is 6.33 Å². The van der Waals surface area contributed by atoms with E-state index in [1.54, 1.807) is 17.2 Å². The predicted molar refractivity (Wildman–Crippen MR) is 140 cm³/mol. The molecule has 0 saturated heterocycles. The summed E-state index contributed by atoms with van der Waals surface area (Å²) in [6, 6.07) is 20.1. The molecule has 0 aliphatic heterocycles. The van der Waals surface area contributed by atoms with Crippen molar-refractivity contribution in [3.8, 4) is 17.1 Å². The third-order valence-corrected chi connectivity index (χ3v) is 5.76. The molecule has 0 saturated carbocycles. The Labute approximate surface area is 202 Å². The number of nitrogens with zero attached hydrogens (tertiary/aromatic N) is 5. The number of fused-ring (bicyclic) bond motifs is 1.